The van der Waals surface area contributed by atoms with Crippen molar-refractivity contribution in [3.63, 3.8) is 0 Å². The molecule has 0 unspecified atom stereocenters. The smallest absolute Gasteiger partial charge is 0.0107 e. The summed E-state index contributed by atoms with van der Waals surface area (Å²) < 4.78 is 0. The third kappa shape index (κ3) is 4.96. The number of piperazine rings is 1. The van der Waals surface area contributed by atoms with Crippen LogP contribution in [0.4, 0.5) is 0 Å². The monoisotopic (exact) mass is 260 g/mol. The van der Waals surface area contributed by atoms with Gasteiger partial charge in [0.2, 0.25) is 0 Å². The van der Waals surface area contributed by atoms with Crippen LogP contribution in [0.1, 0.15) is 36.0 Å². The largest absolute Gasteiger partial charge is 0.314 e. The number of hydrogen-bond donors (Lipinski definition) is 1. The molecule has 1 aromatic carbocycles. The Morgan fingerprint density at radius 3 is 2.58 bits per heavy atom. The van der Waals surface area contributed by atoms with E-state index in [0.717, 1.165) is 0 Å². The maximum Gasteiger partial charge on any atom is 0.0107 e. The molecule has 2 rings (SSSR count). The van der Waals surface area contributed by atoms with Gasteiger partial charge in [-0.05, 0) is 50.8 Å². The molecule has 0 amide bonds. The number of benzene rings is 1. The Hall–Kier alpha value is -0.860. The van der Waals surface area contributed by atoms with Crippen LogP contribution in [-0.4, -0.2) is 37.6 Å². The standard InChI is InChI=1S/C17H28N2/c1-15-7-8-17(16(2)14-15)6-4-3-5-11-19-12-9-18-10-13-19/h7-8,14,18H,3-6,9-13H2,1-2H3. The molecule has 1 aliphatic rings. The van der Waals surface area contributed by atoms with Crippen molar-refractivity contribution >= 4 is 0 Å². The normalized spacial score (nSPS) is 16.7. The molecule has 0 radical (unpaired) electrons. The first kappa shape index (κ1) is 14.5. The summed E-state index contributed by atoms with van der Waals surface area (Å²) in [5.41, 5.74) is 4.37. The van der Waals surface area contributed by atoms with Gasteiger partial charge in [-0.2, -0.15) is 0 Å². The van der Waals surface area contributed by atoms with Crippen LogP contribution in [0.25, 0.3) is 0 Å². The summed E-state index contributed by atoms with van der Waals surface area (Å²) in [6.45, 7) is 10.5. The van der Waals surface area contributed by atoms with Crippen molar-refractivity contribution in [1.82, 2.24) is 10.2 Å². The predicted molar refractivity (Wildman–Crippen MR) is 82.8 cm³/mol. The van der Waals surface area contributed by atoms with Crippen LogP contribution in [0.5, 0.6) is 0 Å². The van der Waals surface area contributed by atoms with E-state index in [2.05, 4.69) is 42.3 Å². The van der Waals surface area contributed by atoms with Crippen molar-refractivity contribution in [2.24, 2.45) is 0 Å². The second kappa shape index (κ2) is 7.66. The van der Waals surface area contributed by atoms with Gasteiger partial charge in [0.15, 0.2) is 0 Å². The van der Waals surface area contributed by atoms with Gasteiger partial charge in [-0.3, -0.25) is 0 Å². The molecule has 0 bridgehead atoms. The summed E-state index contributed by atoms with van der Waals surface area (Å²) in [6, 6.07) is 6.85. The molecule has 1 aliphatic heterocycles. The predicted octanol–water partition coefficient (Wildman–Crippen LogP) is 2.92. The van der Waals surface area contributed by atoms with Crippen LogP contribution < -0.4 is 5.32 Å². The van der Waals surface area contributed by atoms with Gasteiger partial charge in [0, 0.05) is 26.2 Å². The molecule has 0 aromatic heterocycles. The summed E-state index contributed by atoms with van der Waals surface area (Å²) in [4.78, 5) is 2.59. The Morgan fingerprint density at radius 1 is 1.05 bits per heavy atom. The maximum absolute atomic E-state index is 3.41. The molecule has 106 valence electrons. The van der Waals surface area contributed by atoms with Crippen molar-refractivity contribution in [1.29, 1.82) is 0 Å². The first-order valence-electron chi connectivity index (χ1n) is 7.75. The van der Waals surface area contributed by atoms with Crippen LogP contribution in [0, 0.1) is 13.8 Å². The average molecular weight is 260 g/mol. The van der Waals surface area contributed by atoms with E-state index in [-0.39, 0.29) is 0 Å². The molecule has 19 heavy (non-hydrogen) atoms. The van der Waals surface area contributed by atoms with Crippen molar-refractivity contribution in [2.45, 2.75) is 39.5 Å². The molecule has 2 nitrogen and oxygen atoms in total. The number of rotatable bonds is 6. The summed E-state index contributed by atoms with van der Waals surface area (Å²) in [7, 11) is 0. The van der Waals surface area contributed by atoms with E-state index >= 15 is 0 Å². The average Bonchev–Trinajstić information content (AvgIpc) is 2.42. The fraction of sp³-hybridized carbons (Fsp3) is 0.647. The first-order chi connectivity index (χ1) is 9.25. The highest BCUT2D eigenvalue weighted by Gasteiger charge is 2.08. The van der Waals surface area contributed by atoms with E-state index < -0.39 is 0 Å². The topological polar surface area (TPSA) is 15.3 Å². The first-order valence-corrected chi connectivity index (χ1v) is 7.75. The fourth-order valence-electron chi connectivity index (χ4n) is 2.89. The molecule has 1 heterocycles. The minimum absolute atomic E-state index is 1.17. The lowest BCUT2D eigenvalue weighted by Crippen LogP contribution is -2.43. The summed E-state index contributed by atoms with van der Waals surface area (Å²) in [5.74, 6) is 0. The third-order valence-corrected chi connectivity index (χ3v) is 4.13. The van der Waals surface area contributed by atoms with Crippen molar-refractivity contribution in [2.75, 3.05) is 32.7 Å². The molecule has 1 N–H and O–H groups in total. The van der Waals surface area contributed by atoms with Gasteiger partial charge >= 0.3 is 0 Å². The Morgan fingerprint density at radius 2 is 1.84 bits per heavy atom. The van der Waals surface area contributed by atoms with E-state index in [1.807, 2.05) is 0 Å². The zero-order valence-corrected chi connectivity index (χ0v) is 12.5. The molecule has 0 spiro atoms. The second-order valence-corrected chi connectivity index (χ2v) is 5.83. The molecular formula is C17H28N2. The van der Waals surface area contributed by atoms with Crippen LogP contribution in [-0.2, 0) is 6.42 Å². The molecular weight excluding hydrogens is 232 g/mol. The third-order valence-electron chi connectivity index (χ3n) is 4.13. The summed E-state index contributed by atoms with van der Waals surface area (Å²) in [6.07, 6.45) is 5.28. The fourth-order valence-corrected chi connectivity index (χ4v) is 2.89. The highest BCUT2D eigenvalue weighted by molar-refractivity contribution is 5.30. The Bertz CT molecular complexity index is 381. The van der Waals surface area contributed by atoms with Gasteiger partial charge in [0.1, 0.15) is 0 Å². The SMILES string of the molecule is Cc1ccc(CCCCCN2CCNCC2)c(C)c1. The minimum Gasteiger partial charge on any atom is -0.314 e. The van der Waals surface area contributed by atoms with Gasteiger partial charge in [-0.1, -0.05) is 30.2 Å². The Balaban J connectivity index is 1.61. The molecule has 2 heteroatoms. The Labute approximate surface area is 118 Å². The van der Waals surface area contributed by atoms with E-state index in [1.165, 1.54) is 75.1 Å². The van der Waals surface area contributed by atoms with E-state index in [4.69, 9.17) is 0 Å². The molecule has 1 aromatic rings. The molecule has 0 aliphatic carbocycles. The van der Waals surface area contributed by atoms with Gasteiger partial charge < -0.3 is 10.2 Å². The lowest BCUT2D eigenvalue weighted by molar-refractivity contribution is 0.236. The highest BCUT2D eigenvalue weighted by Crippen LogP contribution is 2.14. The van der Waals surface area contributed by atoms with E-state index in [9.17, 15) is 0 Å². The molecule has 0 saturated carbocycles. The number of aryl methyl sites for hydroxylation is 3. The van der Waals surface area contributed by atoms with Gasteiger partial charge in [0.25, 0.3) is 0 Å². The highest BCUT2D eigenvalue weighted by atomic mass is 15.2. The quantitative estimate of drug-likeness (QED) is 0.791. The lowest BCUT2D eigenvalue weighted by atomic mass is 10.0. The molecule has 0 atom stereocenters. The maximum atomic E-state index is 3.41. The zero-order chi connectivity index (χ0) is 13.5. The van der Waals surface area contributed by atoms with Gasteiger partial charge in [-0.15, -0.1) is 0 Å². The number of nitrogens with zero attached hydrogens (tertiary/aromatic N) is 1. The van der Waals surface area contributed by atoms with E-state index in [1.54, 1.807) is 0 Å². The van der Waals surface area contributed by atoms with Crippen molar-refractivity contribution in [3.05, 3.63) is 34.9 Å². The van der Waals surface area contributed by atoms with Crippen LogP contribution in [0.3, 0.4) is 0 Å². The number of hydrogen-bond acceptors (Lipinski definition) is 2. The molecule has 1 saturated heterocycles. The lowest BCUT2D eigenvalue weighted by Gasteiger charge is -2.27. The minimum atomic E-state index is 1.17. The van der Waals surface area contributed by atoms with Gasteiger partial charge in [0.05, 0.1) is 0 Å². The number of unbranched alkanes of at least 4 members (excludes halogenated alkanes) is 2. The van der Waals surface area contributed by atoms with Gasteiger partial charge in [-0.25, -0.2) is 0 Å². The number of nitrogens with one attached hydrogen (secondary N) is 1. The van der Waals surface area contributed by atoms with Crippen LogP contribution in [0.15, 0.2) is 18.2 Å². The van der Waals surface area contributed by atoms with Crippen LogP contribution in [0.2, 0.25) is 0 Å². The Kier molecular flexibility index (Phi) is 5.87. The van der Waals surface area contributed by atoms with E-state index in [0.29, 0.717) is 0 Å². The van der Waals surface area contributed by atoms with Crippen LogP contribution >= 0.6 is 0 Å². The summed E-state index contributed by atoms with van der Waals surface area (Å²) in [5, 5.41) is 3.41. The van der Waals surface area contributed by atoms with Crippen molar-refractivity contribution in [3.8, 4) is 0 Å². The second-order valence-electron chi connectivity index (χ2n) is 5.83. The van der Waals surface area contributed by atoms with Crippen molar-refractivity contribution < 1.29 is 0 Å². The zero-order valence-electron chi connectivity index (χ0n) is 12.5. The summed E-state index contributed by atoms with van der Waals surface area (Å²) >= 11 is 0. The molecule has 1 fully saturated rings.